The molecule has 3 rings (SSSR count). The molecule has 3 unspecified atom stereocenters. The molecule has 2 heterocycles. The predicted molar refractivity (Wildman–Crippen MR) is 96.1 cm³/mol. The van der Waals surface area contributed by atoms with E-state index in [1.807, 2.05) is 13.8 Å². The Bertz CT molecular complexity index is 768. The van der Waals surface area contributed by atoms with Gasteiger partial charge in [-0.2, -0.15) is 26.3 Å². The third-order valence-electron chi connectivity index (χ3n) is 5.86. The van der Waals surface area contributed by atoms with E-state index in [0.29, 0.717) is 31.4 Å². The van der Waals surface area contributed by atoms with Crippen LogP contribution in [0.15, 0.2) is 18.2 Å². The summed E-state index contributed by atoms with van der Waals surface area (Å²) < 4.78 is 83.6. The van der Waals surface area contributed by atoms with Crippen molar-refractivity contribution in [3.63, 3.8) is 0 Å². The van der Waals surface area contributed by atoms with Crippen LogP contribution in [0.5, 0.6) is 0 Å². The lowest BCUT2D eigenvalue weighted by molar-refractivity contribution is -0.143. The predicted octanol–water partition coefficient (Wildman–Crippen LogP) is 4.36. The van der Waals surface area contributed by atoms with Gasteiger partial charge in [-0.05, 0) is 56.4 Å². The summed E-state index contributed by atoms with van der Waals surface area (Å²) in [5.41, 5.74) is 2.66. The molecule has 2 saturated heterocycles. The van der Waals surface area contributed by atoms with Gasteiger partial charge >= 0.3 is 12.4 Å². The van der Waals surface area contributed by atoms with Crippen molar-refractivity contribution in [1.82, 2.24) is 4.90 Å². The molecular formula is C20H24F6N2O2. The van der Waals surface area contributed by atoms with Crippen molar-refractivity contribution in [2.45, 2.75) is 69.8 Å². The summed E-state index contributed by atoms with van der Waals surface area (Å²) in [6, 6.07) is 1.33. The number of rotatable bonds is 4. The minimum atomic E-state index is -4.90. The summed E-state index contributed by atoms with van der Waals surface area (Å²) in [5.74, 6) is -0.0536. The second-order valence-electron chi connectivity index (χ2n) is 8.74. The number of alkyl halides is 6. The maximum atomic E-state index is 13.0. The van der Waals surface area contributed by atoms with Crippen LogP contribution >= 0.6 is 0 Å². The minimum Gasteiger partial charge on any atom is -0.372 e. The smallest absolute Gasteiger partial charge is 0.372 e. The van der Waals surface area contributed by atoms with E-state index in [1.165, 1.54) is 0 Å². The largest absolute Gasteiger partial charge is 0.416 e. The van der Waals surface area contributed by atoms with Gasteiger partial charge in [0.05, 0.1) is 23.8 Å². The molecule has 2 N–H and O–H groups in total. The first-order valence-electron chi connectivity index (χ1n) is 9.63. The van der Waals surface area contributed by atoms with Crippen molar-refractivity contribution in [3.8, 4) is 0 Å². The summed E-state index contributed by atoms with van der Waals surface area (Å²) in [6.45, 7) is 3.58. The van der Waals surface area contributed by atoms with E-state index in [2.05, 4.69) is 0 Å². The molecule has 2 aliphatic rings. The molecule has 1 amide bonds. The standard InChI is InChI=1S/C20H24F6N2O2/c1-18(2,27)12-6-15-8-16(9-28(15)17(29)7-12)30-10-11-3-13(19(21,22)23)5-14(4-11)20(24,25)26/h3-5,12,15-16H,6-10,27H2,1-2H3. The molecule has 168 valence electrons. The Morgan fingerprint density at radius 3 is 2.10 bits per heavy atom. The van der Waals surface area contributed by atoms with Gasteiger partial charge in [0.1, 0.15) is 0 Å². The highest BCUT2D eigenvalue weighted by Gasteiger charge is 2.44. The van der Waals surface area contributed by atoms with E-state index in [0.717, 1.165) is 0 Å². The summed E-state index contributed by atoms with van der Waals surface area (Å²) in [5, 5.41) is 0. The highest BCUT2D eigenvalue weighted by Crippen LogP contribution is 2.38. The molecule has 4 nitrogen and oxygen atoms in total. The molecule has 0 radical (unpaired) electrons. The summed E-state index contributed by atoms with van der Waals surface area (Å²) in [7, 11) is 0. The quantitative estimate of drug-likeness (QED) is 0.711. The van der Waals surface area contributed by atoms with Gasteiger partial charge in [-0.3, -0.25) is 4.79 Å². The van der Waals surface area contributed by atoms with Crippen LogP contribution in [0.1, 0.15) is 49.8 Å². The monoisotopic (exact) mass is 438 g/mol. The van der Waals surface area contributed by atoms with Crippen LogP contribution in [0.4, 0.5) is 26.3 Å². The van der Waals surface area contributed by atoms with Crippen LogP contribution < -0.4 is 5.73 Å². The molecule has 2 aliphatic heterocycles. The van der Waals surface area contributed by atoms with Crippen LogP contribution in [0.3, 0.4) is 0 Å². The number of halogens is 6. The molecule has 1 aromatic carbocycles. The fourth-order valence-corrected chi connectivity index (χ4v) is 4.15. The first-order chi connectivity index (χ1) is 13.6. The number of nitrogens with two attached hydrogens (primary N) is 1. The molecule has 0 saturated carbocycles. The molecule has 3 atom stereocenters. The van der Waals surface area contributed by atoms with Gasteiger partial charge in [-0.15, -0.1) is 0 Å². The van der Waals surface area contributed by atoms with Crippen LogP contribution in [0, 0.1) is 5.92 Å². The Morgan fingerprint density at radius 1 is 1.03 bits per heavy atom. The highest BCUT2D eigenvalue weighted by atomic mass is 19.4. The van der Waals surface area contributed by atoms with E-state index < -0.39 is 41.7 Å². The number of benzene rings is 1. The third-order valence-corrected chi connectivity index (χ3v) is 5.86. The normalized spacial score (nSPS) is 25.6. The van der Waals surface area contributed by atoms with Gasteiger partial charge in [0, 0.05) is 24.5 Å². The zero-order valence-electron chi connectivity index (χ0n) is 16.6. The zero-order valence-corrected chi connectivity index (χ0v) is 16.6. The second kappa shape index (κ2) is 7.71. The topological polar surface area (TPSA) is 55.6 Å². The fraction of sp³-hybridized carbons (Fsp3) is 0.650. The summed E-state index contributed by atoms with van der Waals surface area (Å²) in [6.07, 6.45) is -8.78. The van der Waals surface area contributed by atoms with E-state index >= 15 is 0 Å². The fourth-order valence-electron chi connectivity index (χ4n) is 4.15. The number of hydrogen-bond donors (Lipinski definition) is 1. The SMILES string of the molecule is CC(C)(N)C1CC(=O)N2CC(OCc3cc(C(F)(F)F)cc(C(F)(F)F)c3)CC2C1. The molecule has 0 bridgehead atoms. The lowest BCUT2D eigenvalue weighted by atomic mass is 9.78. The first kappa shape index (κ1) is 22.9. The number of carbonyl (C=O) groups excluding carboxylic acids is 1. The third kappa shape index (κ3) is 5.08. The molecule has 0 aliphatic carbocycles. The van der Waals surface area contributed by atoms with Crippen molar-refractivity contribution in [3.05, 3.63) is 34.9 Å². The lowest BCUT2D eigenvalue weighted by Crippen LogP contribution is -2.51. The van der Waals surface area contributed by atoms with Gasteiger partial charge < -0.3 is 15.4 Å². The van der Waals surface area contributed by atoms with Gasteiger partial charge in [-0.25, -0.2) is 0 Å². The Morgan fingerprint density at radius 2 is 1.60 bits per heavy atom. The molecule has 10 heteroatoms. The highest BCUT2D eigenvalue weighted by molar-refractivity contribution is 5.78. The summed E-state index contributed by atoms with van der Waals surface area (Å²) >= 11 is 0. The number of ether oxygens (including phenoxy) is 1. The second-order valence-corrected chi connectivity index (χ2v) is 8.74. The Labute approximate surface area is 170 Å². The number of piperidine rings is 1. The van der Waals surface area contributed by atoms with Crippen LogP contribution in [0.2, 0.25) is 0 Å². The zero-order chi connectivity index (χ0) is 22.5. The molecule has 1 aromatic rings. The van der Waals surface area contributed by atoms with Crippen molar-refractivity contribution >= 4 is 5.91 Å². The van der Waals surface area contributed by atoms with E-state index in [4.69, 9.17) is 10.5 Å². The van der Waals surface area contributed by atoms with Gasteiger partial charge in [0.2, 0.25) is 5.91 Å². The van der Waals surface area contributed by atoms with Crippen LogP contribution in [-0.4, -0.2) is 35.0 Å². The molecule has 0 spiro atoms. The van der Waals surface area contributed by atoms with E-state index in [9.17, 15) is 31.1 Å². The Balaban J connectivity index is 1.70. The number of fused-ring (bicyclic) bond motifs is 1. The Hall–Kier alpha value is -1.81. The Kier molecular flexibility index (Phi) is 5.87. The number of nitrogens with zero attached hydrogens (tertiary/aromatic N) is 1. The maximum Gasteiger partial charge on any atom is 0.416 e. The van der Waals surface area contributed by atoms with Gasteiger partial charge in [0.25, 0.3) is 0 Å². The van der Waals surface area contributed by atoms with E-state index in [1.54, 1.807) is 4.90 Å². The lowest BCUT2D eigenvalue weighted by Gasteiger charge is -2.40. The van der Waals surface area contributed by atoms with E-state index in [-0.39, 0.29) is 36.0 Å². The van der Waals surface area contributed by atoms with Crippen LogP contribution in [0.25, 0.3) is 0 Å². The molecule has 30 heavy (non-hydrogen) atoms. The van der Waals surface area contributed by atoms with Crippen LogP contribution in [-0.2, 0) is 28.5 Å². The average Bonchev–Trinajstić information content (AvgIpc) is 3.01. The van der Waals surface area contributed by atoms with Gasteiger partial charge in [-0.1, -0.05) is 0 Å². The number of carbonyl (C=O) groups is 1. The van der Waals surface area contributed by atoms with Crippen molar-refractivity contribution in [2.75, 3.05) is 6.54 Å². The number of hydrogen-bond acceptors (Lipinski definition) is 3. The molecular weight excluding hydrogens is 414 g/mol. The summed E-state index contributed by atoms with van der Waals surface area (Å²) in [4.78, 5) is 14.1. The maximum absolute atomic E-state index is 13.0. The van der Waals surface area contributed by atoms with Gasteiger partial charge in [0.15, 0.2) is 0 Å². The minimum absolute atomic E-state index is 0.00260. The van der Waals surface area contributed by atoms with Crippen molar-refractivity contribution in [1.29, 1.82) is 0 Å². The molecule has 2 fully saturated rings. The number of amides is 1. The average molecular weight is 438 g/mol. The first-order valence-corrected chi connectivity index (χ1v) is 9.63. The van der Waals surface area contributed by atoms with Crippen molar-refractivity contribution in [2.24, 2.45) is 11.7 Å². The van der Waals surface area contributed by atoms with Crippen molar-refractivity contribution < 1.29 is 35.9 Å². The molecule has 0 aromatic heterocycles.